The van der Waals surface area contributed by atoms with Gasteiger partial charge in [-0.3, -0.25) is 14.5 Å². The van der Waals surface area contributed by atoms with Crippen LogP contribution < -0.4 is 15.1 Å². The number of carbonyl (C=O) groups is 2. The van der Waals surface area contributed by atoms with Gasteiger partial charge in [0.2, 0.25) is 21.8 Å². The lowest BCUT2D eigenvalue weighted by atomic mass is 9.96. The highest BCUT2D eigenvalue weighted by atomic mass is 32.2. The first-order valence-corrected chi connectivity index (χ1v) is 13.8. The van der Waals surface area contributed by atoms with Crippen molar-refractivity contribution in [2.24, 2.45) is 0 Å². The molecule has 188 valence electrons. The number of carbonyl (C=O) groups excluding carboxylic acids is 2. The molecule has 1 N–H and O–H groups in total. The van der Waals surface area contributed by atoms with Crippen molar-refractivity contribution in [1.82, 2.24) is 9.62 Å². The van der Waals surface area contributed by atoms with Crippen molar-refractivity contribution < 1.29 is 22.7 Å². The van der Waals surface area contributed by atoms with E-state index in [4.69, 9.17) is 4.74 Å². The van der Waals surface area contributed by atoms with E-state index in [0.717, 1.165) is 44.3 Å². The summed E-state index contributed by atoms with van der Waals surface area (Å²) in [5, 5.41) is 2.86. The molecule has 0 radical (unpaired) electrons. The van der Waals surface area contributed by atoms with Crippen LogP contribution in [0.15, 0.2) is 23.1 Å². The molecule has 4 rings (SSSR count). The number of ether oxygens (including phenoxy) is 1. The summed E-state index contributed by atoms with van der Waals surface area (Å²) < 4.78 is 33.4. The Morgan fingerprint density at radius 3 is 2.59 bits per heavy atom. The van der Waals surface area contributed by atoms with Crippen LogP contribution in [0.25, 0.3) is 0 Å². The standard InChI is InChI=1S/C24H36N4O5S/c1-18(2)33-15-7-11-25-23(29)17-28-22-16-19(34(31,32)26-12-5-6-13-26)9-10-20(22)27-14-4-3-8-21(27)24(28)30/h9-10,16,18,21H,3-8,11-15,17H2,1-2H3,(H,25,29)/t21-/m0/s1. The summed E-state index contributed by atoms with van der Waals surface area (Å²) in [4.78, 5) is 29.9. The highest BCUT2D eigenvalue weighted by molar-refractivity contribution is 7.89. The van der Waals surface area contributed by atoms with Crippen LogP contribution in [0.3, 0.4) is 0 Å². The predicted octanol–water partition coefficient (Wildman–Crippen LogP) is 2.11. The molecule has 0 spiro atoms. The summed E-state index contributed by atoms with van der Waals surface area (Å²) in [5.74, 6) is -0.401. The Kier molecular flexibility index (Phi) is 7.79. The Hall–Kier alpha value is -2.17. The van der Waals surface area contributed by atoms with E-state index in [0.29, 0.717) is 38.3 Å². The van der Waals surface area contributed by atoms with E-state index in [2.05, 4.69) is 10.2 Å². The zero-order valence-electron chi connectivity index (χ0n) is 20.2. The molecule has 9 nitrogen and oxygen atoms in total. The number of piperidine rings is 1. The van der Waals surface area contributed by atoms with Crippen LogP contribution in [0.2, 0.25) is 0 Å². The summed E-state index contributed by atoms with van der Waals surface area (Å²) in [6.45, 7) is 6.58. The van der Waals surface area contributed by atoms with Gasteiger partial charge in [-0.25, -0.2) is 8.42 Å². The molecule has 34 heavy (non-hydrogen) atoms. The zero-order chi connectivity index (χ0) is 24.3. The summed E-state index contributed by atoms with van der Waals surface area (Å²) in [6.07, 6.45) is 5.21. The molecule has 1 atom stereocenters. The van der Waals surface area contributed by atoms with E-state index in [1.165, 1.54) is 9.21 Å². The number of sulfonamides is 1. The Morgan fingerprint density at radius 2 is 1.85 bits per heavy atom. The highest BCUT2D eigenvalue weighted by Gasteiger charge is 2.41. The van der Waals surface area contributed by atoms with Crippen molar-refractivity contribution in [2.45, 2.75) is 69.4 Å². The molecule has 1 aromatic rings. The van der Waals surface area contributed by atoms with Gasteiger partial charge in [0.15, 0.2) is 0 Å². The minimum Gasteiger partial charge on any atom is -0.379 e. The van der Waals surface area contributed by atoms with Crippen LogP contribution in [0.1, 0.15) is 52.4 Å². The lowest BCUT2D eigenvalue weighted by Crippen LogP contribution is -2.57. The third-order valence-corrected chi connectivity index (χ3v) is 8.59. The third kappa shape index (κ3) is 5.23. The molecular weight excluding hydrogens is 456 g/mol. The average Bonchev–Trinajstić information content (AvgIpc) is 3.37. The first-order valence-electron chi connectivity index (χ1n) is 12.4. The SMILES string of the molecule is CC(C)OCCCNC(=O)CN1C(=O)[C@@H]2CCCCN2c2ccc(S(=O)(=O)N3CCCC3)cc21. The fourth-order valence-electron chi connectivity index (χ4n) is 4.96. The van der Waals surface area contributed by atoms with Crippen molar-refractivity contribution >= 4 is 33.2 Å². The van der Waals surface area contributed by atoms with Crippen LogP contribution in [-0.2, 0) is 24.3 Å². The molecule has 0 aromatic heterocycles. The quantitative estimate of drug-likeness (QED) is 0.530. The number of rotatable bonds is 9. The van der Waals surface area contributed by atoms with Gasteiger partial charge >= 0.3 is 0 Å². The van der Waals surface area contributed by atoms with Gasteiger partial charge in [-0.15, -0.1) is 0 Å². The maximum Gasteiger partial charge on any atom is 0.250 e. The molecule has 0 bridgehead atoms. The maximum absolute atomic E-state index is 13.5. The smallest absolute Gasteiger partial charge is 0.250 e. The number of benzene rings is 1. The van der Waals surface area contributed by atoms with Crippen LogP contribution in [0.5, 0.6) is 0 Å². The number of hydrogen-bond donors (Lipinski definition) is 1. The molecule has 3 aliphatic heterocycles. The van der Waals surface area contributed by atoms with Crippen molar-refractivity contribution in [3.05, 3.63) is 18.2 Å². The molecule has 2 saturated heterocycles. The van der Waals surface area contributed by atoms with Gasteiger partial charge in [-0.1, -0.05) is 0 Å². The van der Waals surface area contributed by atoms with Crippen LogP contribution in [0, 0.1) is 0 Å². The van der Waals surface area contributed by atoms with Crippen LogP contribution in [-0.4, -0.2) is 76.0 Å². The second-order valence-corrected chi connectivity index (χ2v) is 11.5. The molecule has 2 fully saturated rings. The van der Waals surface area contributed by atoms with Gasteiger partial charge < -0.3 is 15.0 Å². The first kappa shape index (κ1) is 24.9. The minimum atomic E-state index is -3.64. The normalized spacial score (nSPS) is 21.0. The van der Waals surface area contributed by atoms with Gasteiger partial charge in [0, 0.05) is 32.8 Å². The molecule has 0 saturated carbocycles. The Balaban J connectivity index is 1.56. The van der Waals surface area contributed by atoms with E-state index in [-0.39, 0.29) is 35.4 Å². The molecule has 1 aromatic carbocycles. The van der Waals surface area contributed by atoms with Crippen molar-refractivity contribution in [3.8, 4) is 0 Å². The minimum absolute atomic E-state index is 0.131. The second kappa shape index (κ2) is 10.6. The number of fused-ring (bicyclic) bond motifs is 3. The number of amides is 2. The van der Waals surface area contributed by atoms with E-state index >= 15 is 0 Å². The number of anilines is 2. The predicted molar refractivity (Wildman–Crippen MR) is 130 cm³/mol. The Bertz CT molecular complexity index is 1010. The van der Waals surface area contributed by atoms with Crippen molar-refractivity contribution in [2.75, 3.05) is 49.1 Å². The van der Waals surface area contributed by atoms with Gasteiger partial charge in [-0.2, -0.15) is 4.31 Å². The van der Waals surface area contributed by atoms with E-state index in [1.54, 1.807) is 18.2 Å². The zero-order valence-corrected chi connectivity index (χ0v) is 21.0. The lowest BCUT2D eigenvalue weighted by Gasteiger charge is -2.45. The van der Waals surface area contributed by atoms with Crippen molar-refractivity contribution in [1.29, 1.82) is 0 Å². The van der Waals surface area contributed by atoms with Gasteiger partial charge in [0.05, 0.1) is 22.4 Å². The molecular formula is C24H36N4O5S. The maximum atomic E-state index is 13.5. The lowest BCUT2D eigenvalue weighted by molar-refractivity contribution is -0.125. The number of nitrogens with one attached hydrogen (secondary N) is 1. The third-order valence-electron chi connectivity index (χ3n) is 6.70. The number of nitrogens with zero attached hydrogens (tertiary/aromatic N) is 3. The second-order valence-electron chi connectivity index (χ2n) is 9.51. The highest BCUT2D eigenvalue weighted by Crippen LogP contribution is 2.41. The van der Waals surface area contributed by atoms with E-state index in [9.17, 15) is 18.0 Å². The van der Waals surface area contributed by atoms with Crippen molar-refractivity contribution in [3.63, 3.8) is 0 Å². The molecule has 10 heteroatoms. The Morgan fingerprint density at radius 1 is 1.12 bits per heavy atom. The average molecular weight is 493 g/mol. The summed E-state index contributed by atoms with van der Waals surface area (Å²) in [5.41, 5.74) is 1.32. The molecule has 3 aliphatic rings. The monoisotopic (exact) mass is 492 g/mol. The van der Waals surface area contributed by atoms with Gasteiger partial charge in [-0.05, 0) is 70.6 Å². The van der Waals surface area contributed by atoms with Crippen LogP contribution in [0.4, 0.5) is 11.4 Å². The van der Waals surface area contributed by atoms with Gasteiger partial charge in [0.25, 0.3) is 0 Å². The topological polar surface area (TPSA) is 99.3 Å². The largest absolute Gasteiger partial charge is 0.379 e. The molecule has 0 aliphatic carbocycles. The number of hydrogen-bond acceptors (Lipinski definition) is 6. The van der Waals surface area contributed by atoms with Crippen LogP contribution >= 0.6 is 0 Å². The Labute approximate surface area is 202 Å². The molecule has 3 heterocycles. The molecule has 2 amide bonds. The summed E-state index contributed by atoms with van der Waals surface area (Å²) in [7, 11) is -3.64. The fraction of sp³-hybridized carbons (Fsp3) is 0.667. The summed E-state index contributed by atoms with van der Waals surface area (Å²) in [6, 6.07) is 4.71. The fourth-order valence-corrected chi connectivity index (χ4v) is 6.49. The van der Waals surface area contributed by atoms with E-state index in [1.807, 2.05) is 13.8 Å². The van der Waals surface area contributed by atoms with E-state index < -0.39 is 10.0 Å². The summed E-state index contributed by atoms with van der Waals surface area (Å²) >= 11 is 0. The van der Waals surface area contributed by atoms with Gasteiger partial charge in [0.1, 0.15) is 12.6 Å². The molecule has 0 unspecified atom stereocenters. The first-order chi connectivity index (χ1) is 16.3.